The molecule has 1 amide bonds. The van der Waals surface area contributed by atoms with E-state index in [1.54, 1.807) is 62.4 Å². The maximum Gasteiger partial charge on any atom is 0.263 e. The minimum Gasteiger partial charge on any atom is -0.493 e. The summed E-state index contributed by atoms with van der Waals surface area (Å²) in [5, 5.41) is 0. The first kappa shape index (κ1) is 24.4. The average Bonchev–Trinajstić information content (AvgIpc) is 2.98. The first-order valence-electron chi connectivity index (χ1n) is 11.2. The first-order valence-corrected chi connectivity index (χ1v) is 12.7. The van der Waals surface area contributed by atoms with Gasteiger partial charge in [0.1, 0.15) is 5.75 Å². The van der Waals surface area contributed by atoms with Crippen molar-refractivity contribution in [2.45, 2.75) is 30.9 Å². The largest absolute Gasteiger partial charge is 0.493 e. The Labute approximate surface area is 205 Å². The number of carbonyl (C=O) groups excluding carboxylic acids is 1. The fourth-order valence-corrected chi connectivity index (χ4v) is 5.04. The molecule has 8 nitrogen and oxygen atoms in total. The molecule has 1 aliphatic heterocycles. The van der Waals surface area contributed by atoms with Crippen molar-refractivity contribution < 1.29 is 27.4 Å². The van der Waals surface area contributed by atoms with E-state index in [4.69, 9.17) is 14.2 Å². The lowest BCUT2D eigenvalue weighted by atomic mass is 10.1. The third-order valence-electron chi connectivity index (χ3n) is 5.81. The van der Waals surface area contributed by atoms with Gasteiger partial charge in [-0.3, -0.25) is 9.52 Å². The molecule has 4 rings (SSSR count). The highest BCUT2D eigenvalue weighted by Gasteiger charge is 2.28. The van der Waals surface area contributed by atoms with Crippen molar-refractivity contribution in [3.05, 3.63) is 77.9 Å². The molecule has 0 aliphatic carbocycles. The topological polar surface area (TPSA) is 94.2 Å². The predicted molar refractivity (Wildman–Crippen MR) is 132 cm³/mol. The molecule has 1 N–H and O–H groups in total. The average molecular weight is 497 g/mol. The lowest BCUT2D eigenvalue weighted by molar-refractivity contribution is -0.137. The van der Waals surface area contributed by atoms with Gasteiger partial charge in [0.15, 0.2) is 17.6 Å². The summed E-state index contributed by atoms with van der Waals surface area (Å²) in [5.41, 5.74) is 2.12. The number of nitrogens with zero attached hydrogens (tertiary/aromatic N) is 1. The van der Waals surface area contributed by atoms with Gasteiger partial charge >= 0.3 is 0 Å². The molecule has 35 heavy (non-hydrogen) atoms. The third-order valence-corrected chi connectivity index (χ3v) is 7.21. The van der Waals surface area contributed by atoms with Crippen LogP contribution in [0.15, 0.2) is 71.6 Å². The van der Waals surface area contributed by atoms with E-state index < -0.39 is 16.1 Å². The van der Waals surface area contributed by atoms with Crippen LogP contribution in [0, 0.1) is 0 Å². The highest BCUT2D eigenvalue weighted by Crippen LogP contribution is 2.31. The van der Waals surface area contributed by atoms with Gasteiger partial charge in [-0.05, 0) is 61.4 Å². The van der Waals surface area contributed by atoms with Gasteiger partial charge in [0.05, 0.1) is 19.1 Å². The Balaban J connectivity index is 1.53. The minimum absolute atomic E-state index is 0.131. The second kappa shape index (κ2) is 10.3. The Morgan fingerprint density at radius 1 is 1.00 bits per heavy atom. The molecule has 0 saturated carbocycles. The molecule has 1 heterocycles. The molecule has 9 heteroatoms. The highest BCUT2D eigenvalue weighted by atomic mass is 32.2. The van der Waals surface area contributed by atoms with Gasteiger partial charge in [-0.2, -0.15) is 0 Å². The summed E-state index contributed by atoms with van der Waals surface area (Å²) >= 11 is 0. The Bertz CT molecular complexity index is 1310. The molecule has 3 aromatic carbocycles. The van der Waals surface area contributed by atoms with E-state index in [0.29, 0.717) is 42.4 Å². The van der Waals surface area contributed by atoms with Crippen LogP contribution in [0.25, 0.3) is 0 Å². The molecule has 0 spiro atoms. The SMILES string of the molecule is COc1ccc(CCN2Cc3cc(NS(=O)(=O)c4ccccc4)ccc3OC(C)C2=O)cc1OC. The molecular weight excluding hydrogens is 468 g/mol. The molecule has 0 saturated heterocycles. The number of hydrogen-bond acceptors (Lipinski definition) is 6. The first-order chi connectivity index (χ1) is 16.8. The van der Waals surface area contributed by atoms with Crippen LogP contribution >= 0.6 is 0 Å². The van der Waals surface area contributed by atoms with Crippen LogP contribution in [0.2, 0.25) is 0 Å². The molecule has 0 bridgehead atoms. The van der Waals surface area contributed by atoms with Gasteiger partial charge in [0, 0.05) is 24.3 Å². The number of fused-ring (bicyclic) bond motifs is 1. The summed E-state index contributed by atoms with van der Waals surface area (Å²) in [6, 6.07) is 18.9. The second-order valence-corrected chi connectivity index (χ2v) is 9.88. The Kier molecular flexibility index (Phi) is 7.16. The predicted octanol–water partition coefficient (Wildman–Crippen LogP) is 3.86. The van der Waals surface area contributed by atoms with Crippen LogP contribution in [-0.2, 0) is 27.8 Å². The fraction of sp³-hybridized carbons (Fsp3) is 0.269. The van der Waals surface area contributed by atoms with Crippen molar-refractivity contribution in [1.82, 2.24) is 4.90 Å². The lowest BCUT2D eigenvalue weighted by Gasteiger charge is -2.22. The molecule has 1 unspecified atom stereocenters. The summed E-state index contributed by atoms with van der Waals surface area (Å²) in [6.45, 7) is 2.47. The van der Waals surface area contributed by atoms with E-state index in [1.807, 2.05) is 18.2 Å². The van der Waals surface area contributed by atoms with Gasteiger partial charge in [-0.1, -0.05) is 24.3 Å². The molecule has 0 fully saturated rings. The molecule has 0 aromatic heterocycles. The number of rotatable bonds is 8. The summed E-state index contributed by atoms with van der Waals surface area (Å²) in [5.74, 6) is 1.70. The van der Waals surface area contributed by atoms with Crippen molar-refractivity contribution in [2.75, 3.05) is 25.5 Å². The van der Waals surface area contributed by atoms with Crippen LogP contribution in [0.1, 0.15) is 18.1 Å². The molecule has 3 aromatic rings. The maximum atomic E-state index is 13.0. The van der Waals surface area contributed by atoms with Crippen molar-refractivity contribution >= 4 is 21.6 Å². The number of methoxy groups -OCH3 is 2. The van der Waals surface area contributed by atoms with E-state index in [2.05, 4.69) is 4.72 Å². The van der Waals surface area contributed by atoms with E-state index >= 15 is 0 Å². The highest BCUT2D eigenvalue weighted by molar-refractivity contribution is 7.92. The Hall–Kier alpha value is -3.72. The van der Waals surface area contributed by atoms with Crippen LogP contribution in [0.4, 0.5) is 5.69 Å². The summed E-state index contributed by atoms with van der Waals surface area (Å²) in [4.78, 5) is 14.9. The third kappa shape index (κ3) is 5.51. The number of hydrogen-bond donors (Lipinski definition) is 1. The normalized spacial score (nSPS) is 15.6. The number of carbonyl (C=O) groups is 1. The van der Waals surface area contributed by atoms with Gasteiger partial charge in [-0.25, -0.2) is 8.42 Å². The van der Waals surface area contributed by atoms with Gasteiger partial charge in [0.2, 0.25) is 0 Å². The summed E-state index contributed by atoms with van der Waals surface area (Å²) < 4.78 is 44.6. The van der Waals surface area contributed by atoms with Crippen LogP contribution in [0.3, 0.4) is 0 Å². The summed E-state index contributed by atoms with van der Waals surface area (Å²) in [6.07, 6.45) is -0.0532. The van der Waals surface area contributed by atoms with E-state index in [-0.39, 0.29) is 10.8 Å². The monoisotopic (exact) mass is 496 g/mol. The Morgan fingerprint density at radius 3 is 2.46 bits per heavy atom. The van der Waals surface area contributed by atoms with Crippen LogP contribution in [-0.4, -0.2) is 46.1 Å². The van der Waals surface area contributed by atoms with Gasteiger partial charge in [-0.15, -0.1) is 0 Å². The number of sulfonamides is 1. The quantitative estimate of drug-likeness (QED) is 0.509. The van der Waals surface area contributed by atoms with Crippen molar-refractivity contribution in [2.24, 2.45) is 0 Å². The molecule has 1 atom stereocenters. The van der Waals surface area contributed by atoms with Gasteiger partial charge in [0.25, 0.3) is 15.9 Å². The zero-order valence-corrected chi connectivity index (χ0v) is 20.7. The summed E-state index contributed by atoms with van der Waals surface area (Å²) in [7, 11) is -0.570. The zero-order chi connectivity index (χ0) is 25.0. The maximum absolute atomic E-state index is 13.0. The van der Waals surface area contributed by atoms with E-state index in [1.165, 1.54) is 12.1 Å². The molecular formula is C26H28N2O6S. The number of amides is 1. The zero-order valence-electron chi connectivity index (χ0n) is 19.9. The Morgan fingerprint density at radius 2 is 1.74 bits per heavy atom. The minimum atomic E-state index is -3.74. The number of ether oxygens (including phenoxy) is 3. The van der Waals surface area contributed by atoms with E-state index in [9.17, 15) is 13.2 Å². The number of anilines is 1. The molecule has 184 valence electrons. The smallest absolute Gasteiger partial charge is 0.263 e. The lowest BCUT2D eigenvalue weighted by Crippen LogP contribution is -2.39. The van der Waals surface area contributed by atoms with Crippen molar-refractivity contribution in [3.8, 4) is 17.2 Å². The van der Waals surface area contributed by atoms with Crippen molar-refractivity contribution in [1.29, 1.82) is 0 Å². The van der Waals surface area contributed by atoms with Crippen LogP contribution in [0.5, 0.6) is 17.2 Å². The standard InChI is InChI=1S/C26H28N2O6S/c1-18-26(29)28(14-13-19-9-11-24(32-2)25(15-19)33-3)17-20-16-21(10-12-23(20)34-18)27-35(30,31)22-7-5-4-6-8-22/h4-12,15-16,18,27H,13-14,17H2,1-3H3. The van der Waals surface area contributed by atoms with Crippen LogP contribution < -0.4 is 18.9 Å². The van der Waals surface area contributed by atoms with Gasteiger partial charge < -0.3 is 19.1 Å². The second-order valence-electron chi connectivity index (χ2n) is 8.20. The number of nitrogens with one attached hydrogen (secondary N) is 1. The van der Waals surface area contributed by atoms with Crippen molar-refractivity contribution in [3.63, 3.8) is 0 Å². The van der Waals surface area contributed by atoms with E-state index in [0.717, 1.165) is 11.1 Å². The molecule has 0 radical (unpaired) electrons. The number of benzene rings is 3. The fourth-order valence-electron chi connectivity index (χ4n) is 3.97. The molecule has 1 aliphatic rings.